The van der Waals surface area contributed by atoms with Gasteiger partial charge < -0.3 is 10.1 Å². The maximum atomic E-state index is 12.1. The number of rotatable bonds is 8. The van der Waals surface area contributed by atoms with Crippen LogP contribution in [0, 0.1) is 17.2 Å². The fourth-order valence-corrected chi connectivity index (χ4v) is 2.51. The van der Waals surface area contributed by atoms with Crippen LogP contribution in [0.3, 0.4) is 0 Å². The van der Waals surface area contributed by atoms with Gasteiger partial charge in [0.05, 0.1) is 12.7 Å². The van der Waals surface area contributed by atoms with Crippen LogP contribution in [0.25, 0.3) is 0 Å². The fourth-order valence-electron chi connectivity index (χ4n) is 2.51. The molecule has 0 saturated heterocycles. The van der Waals surface area contributed by atoms with Gasteiger partial charge >= 0.3 is 0 Å². The molecule has 0 aromatic heterocycles. The summed E-state index contributed by atoms with van der Waals surface area (Å²) in [6.45, 7) is 4.22. The van der Waals surface area contributed by atoms with E-state index in [9.17, 15) is 14.9 Å². The van der Waals surface area contributed by atoms with Crippen LogP contribution in [-0.4, -0.2) is 23.8 Å². The van der Waals surface area contributed by atoms with Crippen molar-refractivity contribution in [2.75, 3.05) is 6.61 Å². The Labute approximate surface area is 136 Å². The van der Waals surface area contributed by atoms with Crippen LogP contribution >= 0.6 is 0 Å². The first kappa shape index (κ1) is 17.0. The van der Waals surface area contributed by atoms with E-state index in [1.807, 2.05) is 6.92 Å². The maximum Gasteiger partial charge on any atom is 0.221 e. The van der Waals surface area contributed by atoms with Crippen LogP contribution in [0.4, 0.5) is 0 Å². The van der Waals surface area contributed by atoms with E-state index in [4.69, 9.17) is 4.74 Å². The quantitative estimate of drug-likeness (QED) is 0.748. The summed E-state index contributed by atoms with van der Waals surface area (Å²) in [5, 5.41) is 12.0. The number of benzene rings is 1. The molecule has 0 radical (unpaired) electrons. The van der Waals surface area contributed by atoms with Gasteiger partial charge in [-0.15, -0.1) is 0 Å². The average molecular weight is 314 g/mol. The molecule has 0 aliphatic heterocycles. The minimum Gasteiger partial charge on any atom is -0.494 e. The molecule has 1 aliphatic carbocycles. The molecule has 0 heterocycles. The van der Waals surface area contributed by atoms with Crippen molar-refractivity contribution in [3.05, 3.63) is 29.8 Å². The first-order valence-corrected chi connectivity index (χ1v) is 7.97. The Morgan fingerprint density at radius 1 is 1.30 bits per heavy atom. The lowest BCUT2D eigenvalue weighted by molar-refractivity contribution is -0.122. The third-order valence-corrected chi connectivity index (χ3v) is 4.09. The third-order valence-electron chi connectivity index (χ3n) is 4.09. The van der Waals surface area contributed by atoms with Crippen molar-refractivity contribution in [2.45, 2.75) is 45.1 Å². The highest BCUT2D eigenvalue weighted by Crippen LogP contribution is 2.39. The lowest BCUT2D eigenvalue weighted by atomic mass is 9.97. The molecule has 0 bridgehead atoms. The second-order valence-corrected chi connectivity index (χ2v) is 6.02. The highest BCUT2D eigenvalue weighted by atomic mass is 16.5. The number of hydrogen-bond acceptors (Lipinski definition) is 4. The zero-order chi connectivity index (χ0) is 16.9. The number of amides is 1. The molecule has 23 heavy (non-hydrogen) atoms. The maximum absolute atomic E-state index is 12.1. The number of carbonyl (C=O) groups is 2. The molecular formula is C18H22N2O3. The van der Waals surface area contributed by atoms with Crippen LogP contribution in [0.1, 0.15) is 49.9 Å². The average Bonchev–Trinajstić information content (AvgIpc) is 3.39. The van der Waals surface area contributed by atoms with Crippen LogP contribution in [0.2, 0.25) is 0 Å². The van der Waals surface area contributed by atoms with Crippen LogP contribution in [-0.2, 0) is 4.79 Å². The van der Waals surface area contributed by atoms with Crippen molar-refractivity contribution in [1.82, 2.24) is 5.32 Å². The summed E-state index contributed by atoms with van der Waals surface area (Å²) in [5.74, 6) is 0.614. The van der Waals surface area contributed by atoms with E-state index in [0.717, 1.165) is 18.6 Å². The number of ketones is 1. The fraction of sp³-hybridized carbons (Fsp3) is 0.500. The van der Waals surface area contributed by atoms with Gasteiger partial charge in [0, 0.05) is 18.4 Å². The number of carbonyl (C=O) groups excluding carboxylic acids is 2. The summed E-state index contributed by atoms with van der Waals surface area (Å²) in [4.78, 5) is 24.1. The molecule has 1 aromatic carbocycles. The molecule has 1 atom stereocenters. The smallest absolute Gasteiger partial charge is 0.221 e. The van der Waals surface area contributed by atoms with E-state index in [0.29, 0.717) is 12.2 Å². The van der Waals surface area contributed by atoms with Gasteiger partial charge in [-0.25, -0.2) is 0 Å². The van der Waals surface area contributed by atoms with Crippen molar-refractivity contribution < 1.29 is 14.3 Å². The summed E-state index contributed by atoms with van der Waals surface area (Å²) in [7, 11) is 0. The molecule has 0 unspecified atom stereocenters. The molecular weight excluding hydrogens is 292 g/mol. The monoisotopic (exact) mass is 314 g/mol. The highest BCUT2D eigenvalue weighted by molar-refractivity contribution is 5.98. The molecule has 1 N–H and O–H groups in total. The Morgan fingerprint density at radius 2 is 1.96 bits per heavy atom. The number of nitrogens with one attached hydrogen (secondary N) is 1. The van der Waals surface area contributed by atoms with E-state index in [-0.39, 0.29) is 30.4 Å². The minimum absolute atomic E-state index is 0.0896. The van der Waals surface area contributed by atoms with Gasteiger partial charge in [-0.2, -0.15) is 5.26 Å². The van der Waals surface area contributed by atoms with Crippen LogP contribution in [0.5, 0.6) is 5.75 Å². The van der Waals surface area contributed by atoms with Gasteiger partial charge in [0.15, 0.2) is 5.78 Å². The molecule has 122 valence electrons. The second kappa shape index (κ2) is 7.28. The first-order chi connectivity index (χ1) is 11.0. The largest absolute Gasteiger partial charge is 0.494 e. The normalized spacial score (nSPS) is 16.0. The van der Waals surface area contributed by atoms with E-state index < -0.39 is 5.54 Å². The summed E-state index contributed by atoms with van der Waals surface area (Å²) in [6, 6.07) is 9.08. The SMILES string of the molecule is CCOc1ccc(C(=O)CCC(=O)N[C@](C)(C#N)C2CC2)cc1. The van der Waals surface area contributed by atoms with Gasteiger partial charge in [0.25, 0.3) is 0 Å². The van der Waals surface area contributed by atoms with Crippen molar-refractivity contribution in [3.63, 3.8) is 0 Å². The Bertz CT molecular complexity index is 614. The molecule has 1 amide bonds. The highest BCUT2D eigenvalue weighted by Gasteiger charge is 2.42. The molecule has 1 aliphatic rings. The summed E-state index contributed by atoms with van der Waals surface area (Å²) in [6.07, 6.45) is 2.16. The number of nitriles is 1. The number of hydrogen-bond donors (Lipinski definition) is 1. The summed E-state index contributed by atoms with van der Waals surface area (Å²) < 4.78 is 5.33. The Kier molecular flexibility index (Phi) is 5.38. The van der Waals surface area contributed by atoms with Gasteiger partial charge in [0.1, 0.15) is 11.3 Å². The van der Waals surface area contributed by atoms with Gasteiger partial charge in [0.2, 0.25) is 5.91 Å². The van der Waals surface area contributed by atoms with Gasteiger partial charge in [-0.05, 0) is 56.9 Å². The van der Waals surface area contributed by atoms with Crippen LogP contribution in [0.15, 0.2) is 24.3 Å². The molecule has 0 spiro atoms. The lowest BCUT2D eigenvalue weighted by Crippen LogP contribution is -2.46. The second-order valence-electron chi connectivity index (χ2n) is 6.02. The molecule has 2 rings (SSSR count). The van der Waals surface area contributed by atoms with E-state index in [1.165, 1.54) is 0 Å². The molecule has 5 nitrogen and oxygen atoms in total. The third kappa shape index (κ3) is 4.56. The topological polar surface area (TPSA) is 79.2 Å². The Morgan fingerprint density at radius 3 is 2.48 bits per heavy atom. The van der Waals surface area contributed by atoms with Crippen molar-refractivity contribution in [2.24, 2.45) is 5.92 Å². The Hall–Kier alpha value is -2.35. The minimum atomic E-state index is -0.806. The molecule has 5 heteroatoms. The predicted octanol–water partition coefficient (Wildman–Crippen LogP) is 2.86. The van der Waals surface area contributed by atoms with Crippen molar-refractivity contribution >= 4 is 11.7 Å². The van der Waals surface area contributed by atoms with Gasteiger partial charge in [-0.1, -0.05) is 0 Å². The lowest BCUT2D eigenvalue weighted by Gasteiger charge is -2.22. The number of nitrogens with zero attached hydrogens (tertiary/aromatic N) is 1. The van der Waals surface area contributed by atoms with Gasteiger partial charge in [-0.3, -0.25) is 9.59 Å². The predicted molar refractivity (Wildman–Crippen MR) is 86.1 cm³/mol. The molecule has 1 saturated carbocycles. The molecule has 1 fully saturated rings. The first-order valence-electron chi connectivity index (χ1n) is 7.97. The summed E-state index contributed by atoms with van der Waals surface area (Å²) in [5.41, 5.74) is -0.245. The van der Waals surface area contributed by atoms with Crippen molar-refractivity contribution in [3.8, 4) is 11.8 Å². The summed E-state index contributed by atoms with van der Waals surface area (Å²) >= 11 is 0. The van der Waals surface area contributed by atoms with E-state index in [1.54, 1.807) is 31.2 Å². The van der Waals surface area contributed by atoms with E-state index in [2.05, 4.69) is 11.4 Å². The number of ether oxygens (including phenoxy) is 1. The van der Waals surface area contributed by atoms with E-state index >= 15 is 0 Å². The zero-order valence-electron chi connectivity index (χ0n) is 13.6. The van der Waals surface area contributed by atoms with Crippen molar-refractivity contribution in [1.29, 1.82) is 5.26 Å². The zero-order valence-corrected chi connectivity index (χ0v) is 13.6. The Balaban J connectivity index is 1.83. The molecule has 1 aromatic rings. The standard InChI is InChI=1S/C18H22N2O3/c1-3-23-15-8-4-13(5-9-15)16(21)10-11-17(22)20-18(2,12-19)14-6-7-14/h4-5,8-9,14H,3,6-7,10-11H2,1-2H3,(H,20,22)/t18-/m1/s1. The number of Topliss-reactive ketones (excluding diaryl/α,β-unsaturated/α-hetero) is 1. The van der Waals surface area contributed by atoms with Crippen LogP contribution < -0.4 is 10.1 Å².